The summed E-state index contributed by atoms with van der Waals surface area (Å²) in [5.74, 6) is 3.13. The lowest BCUT2D eigenvalue weighted by Gasteiger charge is -2.17. The van der Waals surface area contributed by atoms with E-state index in [4.69, 9.17) is 9.47 Å². The molecule has 2 rings (SSSR count). The molecule has 8 heteroatoms. The fourth-order valence-corrected chi connectivity index (χ4v) is 2.12. The summed E-state index contributed by atoms with van der Waals surface area (Å²) in [7, 11) is 3.49. The molecule has 1 aromatic heterocycles. The van der Waals surface area contributed by atoms with Crippen LogP contribution in [0.2, 0.25) is 0 Å². The highest BCUT2D eigenvalue weighted by Crippen LogP contribution is 2.17. The Morgan fingerprint density at radius 1 is 1.24 bits per heavy atom. The Labute approximate surface area is 148 Å². The first-order chi connectivity index (χ1) is 12.1. The summed E-state index contributed by atoms with van der Waals surface area (Å²) in [6.45, 7) is 5.88. The topological polar surface area (TPSA) is 85.6 Å². The second-order valence-electron chi connectivity index (χ2n) is 5.48. The van der Waals surface area contributed by atoms with Crippen molar-refractivity contribution >= 4 is 5.96 Å². The molecule has 0 spiro atoms. The van der Waals surface area contributed by atoms with E-state index in [-0.39, 0.29) is 6.10 Å². The van der Waals surface area contributed by atoms with Gasteiger partial charge in [-0.05, 0) is 38.1 Å². The van der Waals surface area contributed by atoms with Gasteiger partial charge in [0.2, 0.25) is 0 Å². The third kappa shape index (κ3) is 5.98. The maximum Gasteiger partial charge on any atom is 0.191 e. The van der Waals surface area contributed by atoms with Crippen molar-refractivity contribution in [2.45, 2.75) is 26.5 Å². The zero-order valence-corrected chi connectivity index (χ0v) is 15.2. The Morgan fingerprint density at radius 2 is 1.96 bits per heavy atom. The highest BCUT2D eigenvalue weighted by molar-refractivity contribution is 5.79. The fourth-order valence-electron chi connectivity index (χ4n) is 2.12. The number of hydrogen-bond donors (Lipinski definition) is 2. The molecular formula is C17H26N6O2. The SMILES string of the molecule is CCNC(=NCc1ncnn1C)NCC(C)Oc1ccc(OC)cc1. The quantitative estimate of drug-likeness (QED) is 0.554. The van der Waals surface area contributed by atoms with Gasteiger partial charge in [0.1, 0.15) is 36.3 Å². The van der Waals surface area contributed by atoms with E-state index >= 15 is 0 Å². The molecule has 0 fully saturated rings. The summed E-state index contributed by atoms with van der Waals surface area (Å²) in [5.41, 5.74) is 0. The summed E-state index contributed by atoms with van der Waals surface area (Å²) in [4.78, 5) is 8.68. The molecule has 1 unspecified atom stereocenters. The van der Waals surface area contributed by atoms with E-state index < -0.39 is 0 Å². The maximum absolute atomic E-state index is 5.88. The first-order valence-electron chi connectivity index (χ1n) is 8.28. The molecular weight excluding hydrogens is 320 g/mol. The molecule has 0 aliphatic heterocycles. The Balaban J connectivity index is 1.85. The highest BCUT2D eigenvalue weighted by Gasteiger charge is 2.07. The minimum absolute atomic E-state index is 0.0212. The second kappa shape index (κ2) is 9.51. The Hall–Kier alpha value is -2.77. The van der Waals surface area contributed by atoms with E-state index in [9.17, 15) is 0 Å². The second-order valence-corrected chi connectivity index (χ2v) is 5.48. The third-order valence-electron chi connectivity index (χ3n) is 3.48. The van der Waals surface area contributed by atoms with Gasteiger partial charge in [-0.1, -0.05) is 0 Å². The standard InChI is InChI=1S/C17H26N6O2/c1-5-18-17(20-11-16-21-12-22-23(16)3)19-10-13(2)25-15-8-6-14(24-4)7-9-15/h6-9,12-13H,5,10-11H2,1-4H3,(H2,18,19,20). The number of guanidine groups is 1. The molecule has 0 saturated carbocycles. The molecule has 0 radical (unpaired) electrons. The molecule has 0 bridgehead atoms. The Bertz CT molecular complexity index is 668. The van der Waals surface area contributed by atoms with Crippen LogP contribution >= 0.6 is 0 Å². The molecule has 0 aliphatic carbocycles. The van der Waals surface area contributed by atoms with Crippen LogP contribution in [0.1, 0.15) is 19.7 Å². The minimum Gasteiger partial charge on any atom is -0.497 e. The molecule has 25 heavy (non-hydrogen) atoms. The van der Waals surface area contributed by atoms with Crippen molar-refractivity contribution in [3.05, 3.63) is 36.4 Å². The van der Waals surface area contributed by atoms with Crippen LogP contribution in [0.15, 0.2) is 35.6 Å². The van der Waals surface area contributed by atoms with Crippen molar-refractivity contribution in [2.75, 3.05) is 20.2 Å². The van der Waals surface area contributed by atoms with Crippen molar-refractivity contribution in [2.24, 2.45) is 12.0 Å². The molecule has 1 heterocycles. The van der Waals surface area contributed by atoms with Crippen molar-refractivity contribution < 1.29 is 9.47 Å². The number of nitrogens with one attached hydrogen (secondary N) is 2. The molecule has 1 aromatic carbocycles. The van der Waals surface area contributed by atoms with E-state index in [1.54, 1.807) is 11.8 Å². The highest BCUT2D eigenvalue weighted by atomic mass is 16.5. The van der Waals surface area contributed by atoms with Gasteiger partial charge in [0.25, 0.3) is 0 Å². The molecule has 1 atom stereocenters. The zero-order chi connectivity index (χ0) is 18.1. The van der Waals surface area contributed by atoms with Crippen LogP contribution in [-0.4, -0.2) is 47.0 Å². The van der Waals surface area contributed by atoms with E-state index in [1.165, 1.54) is 6.33 Å². The first kappa shape index (κ1) is 18.6. The number of hydrogen-bond acceptors (Lipinski definition) is 5. The van der Waals surface area contributed by atoms with Crippen molar-refractivity contribution in [1.82, 2.24) is 25.4 Å². The van der Waals surface area contributed by atoms with Crippen molar-refractivity contribution in [1.29, 1.82) is 0 Å². The lowest BCUT2D eigenvalue weighted by Crippen LogP contribution is -2.41. The number of nitrogens with zero attached hydrogens (tertiary/aromatic N) is 4. The molecule has 136 valence electrons. The van der Waals surface area contributed by atoms with Gasteiger partial charge in [-0.15, -0.1) is 0 Å². The van der Waals surface area contributed by atoms with E-state index in [0.717, 1.165) is 29.8 Å². The van der Waals surface area contributed by atoms with Gasteiger partial charge in [-0.2, -0.15) is 5.10 Å². The van der Waals surface area contributed by atoms with E-state index in [2.05, 4.69) is 25.7 Å². The smallest absolute Gasteiger partial charge is 0.191 e. The summed E-state index contributed by atoms with van der Waals surface area (Å²) in [6.07, 6.45) is 1.50. The molecule has 0 saturated heterocycles. The number of methoxy groups -OCH3 is 1. The fraction of sp³-hybridized carbons (Fsp3) is 0.471. The molecule has 0 aliphatic rings. The molecule has 2 aromatic rings. The maximum atomic E-state index is 5.88. The van der Waals surface area contributed by atoms with E-state index in [0.29, 0.717) is 13.1 Å². The average Bonchev–Trinajstić information content (AvgIpc) is 3.03. The third-order valence-corrected chi connectivity index (χ3v) is 3.48. The number of aliphatic imine (C=N–C) groups is 1. The molecule has 8 nitrogen and oxygen atoms in total. The van der Waals surface area contributed by atoms with Crippen LogP contribution in [0.5, 0.6) is 11.5 Å². The lowest BCUT2D eigenvalue weighted by molar-refractivity contribution is 0.223. The van der Waals surface area contributed by atoms with Crippen molar-refractivity contribution in [3.8, 4) is 11.5 Å². The van der Waals surface area contributed by atoms with Crippen LogP contribution in [0.25, 0.3) is 0 Å². The molecule has 2 N–H and O–H groups in total. The van der Waals surface area contributed by atoms with Crippen LogP contribution < -0.4 is 20.1 Å². The van der Waals surface area contributed by atoms with Crippen LogP contribution in [0.4, 0.5) is 0 Å². The number of rotatable bonds is 8. The monoisotopic (exact) mass is 346 g/mol. The average molecular weight is 346 g/mol. The Kier molecular flexibility index (Phi) is 7.06. The molecule has 0 amide bonds. The van der Waals surface area contributed by atoms with Gasteiger partial charge in [-0.3, -0.25) is 4.68 Å². The first-order valence-corrected chi connectivity index (χ1v) is 8.28. The normalized spacial score (nSPS) is 12.6. The lowest BCUT2D eigenvalue weighted by atomic mass is 10.3. The van der Waals surface area contributed by atoms with Crippen molar-refractivity contribution in [3.63, 3.8) is 0 Å². The van der Waals surface area contributed by atoms with Gasteiger partial charge >= 0.3 is 0 Å². The Morgan fingerprint density at radius 3 is 2.56 bits per heavy atom. The number of aryl methyl sites for hydroxylation is 1. The van der Waals surface area contributed by atoms with Crippen LogP contribution in [-0.2, 0) is 13.6 Å². The summed E-state index contributed by atoms with van der Waals surface area (Å²) >= 11 is 0. The summed E-state index contributed by atoms with van der Waals surface area (Å²) in [5, 5.41) is 10.5. The predicted octanol–water partition coefficient (Wildman–Crippen LogP) is 1.35. The largest absolute Gasteiger partial charge is 0.497 e. The van der Waals surface area contributed by atoms with Gasteiger partial charge in [0, 0.05) is 13.6 Å². The number of benzene rings is 1. The van der Waals surface area contributed by atoms with Gasteiger partial charge < -0.3 is 20.1 Å². The van der Waals surface area contributed by atoms with Gasteiger partial charge in [0.15, 0.2) is 5.96 Å². The summed E-state index contributed by atoms with van der Waals surface area (Å²) in [6, 6.07) is 7.54. The number of ether oxygens (including phenoxy) is 2. The van der Waals surface area contributed by atoms with Crippen LogP contribution in [0.3, 0.4) is 0 Å². The number of aromatic nitrogens is 3. The summed E-state index contributed by atoms with van der Waals surface area (Å²) < 4.78 is 12.7. The van der Waals surface area contributed by atoms with Gasteiger partial charge in [0.05, 0.1) is 13.7 Å². The van der Waals surface area contributed by atoms with Crippen LogP contribution in [0, 0.1) is 0 Å². The minimum atomic E-state index is -0.0212. The van der Waals surface area contributed by atoms with Gasteiger partial charge in [-0.25, -0.2) is 9.98 Å². The van der Waals surface area contributed by atoms with E-state index in [1.807, 2.05) is 45.2 Å². The predicted molar refractivity (Wildman–Crippen MR) is 96.9 cm³/mol. The zero-order valence-electron chi connectivity index (χ0n) is 15.2.